The van der Waals surface area contributed by atoms with Crippen molar-refractivity contribution in [2.75, 3.05) is 25.6 Å². The van der Waals surface area contributed by atoms with Crippen molar-refractivity contribution < 1.29 is 4.74 Å². The van der Waals surface area contributed by atoms with Crippen LogP contribution in [0.2, 0.25) is 0 Å². The van der Waals surface area contributed by atoms with Crippen molar-refractivity contribution in [3.05, 3.63) is 40.8 Å². The number of likely N-dealkylation sites (N-methyl/N-ethyl adjacent to an activating group) is 1. The van der Waals surface area contributed by atoms with E-state index in [4.69, 9.17) is 4.74 Å². The summed E-state index contributed by atoms with van der Waals surface area (Å²) in [5, 5.41) is 0. The van der Waals surface area contributed by atoms with Gasteiger partial charge in [0.1, 0.15) is 0 Å². The summed E-state index contributed by atoms with van der Waals surface area (Å²) in [6.07, 6.45) is 4.34. The predicted molar refractivity (Wildman–Crippen MR) is 77.5 cm³/mol. The van der Waals surface area contributed by atoms with E-state index in [9.17, 15) is 0 Å². The highest BCUT2D eigenvalue weighted by Gasteiger charge is 2.09. The zero-order valence-corrected chi connectivity index (χ0v) is 12.5. The number of ether oxygens (including phenoxy) is 1. The minimum absolute atomic E-state index is 0.537. The van der Waals surface area contributed by atoms with Crippen LogP contribution in [-0.4, -0.2) is 35.7 Å². The van der Waals surface area contributed by atoms with Gasteiger partial charge < -0.3 is 9.64 Å². The van der Waals surface area contributed by atoms with E-state index in [1.807, 2.05) is 30.1 Å². The highest BCUT2D eigenvalue weighted by molar-refractivity contribution is 9.10. The summed E-state index contributed by atoms with van der Waals surface area (Å²) in [5.41, 5.74) is 1.05. The Morgan fingerprint density at radius 1 is 1.32 bits per heavy atom. The van der Waals surface area contributed by atoms with Gasteiger partial charge in [0.25, 0.3) is 0 Å². The molecular weight excluding hydrogens is 308 g/mol. The molecule has 100 valence electrons. The van der Waals surface area contributed by atoms with Crippen LogP contribution < -0.4 is 9.64 Å². The maximum atomic E-state index is 5.16. The third-order valence-electron chi connectivity index (χ3n) is 2.66. The summed E-state index contributed by atoms with van der Waals surface area (Å²) < 4.78 is 5.91. The first-order valence-electron chi connectivity index (χ1n) is 5.88. The van der Waals surface area contributed by atoms with Gasteiger partial charge in [-0.3, -0.25) is 4.98 Å². The smallest absolute Gasteiger partial charge is 0.232 e. The maximum absolute atomic E-state index is 5.16. The lowest BCUT2D eigenvalue weighted by Crippen LogP contribution is -2.23. The van der Waals surface area contributed by atoms with Gasteiger partial charge in [0.15, 0.2) is 0 Å². The van der Waals surface area contributed by atoms with Crippen molar-refractivity contribution in [1.82, 2.24) is 15.0 Å². The predicted octanol–water partition coefficient (Wildman–Crippen LogP) is 2.32. The molecule has 2 aromatic heterocycles. The molecule has 0 N–H and O–H groups in total. The second-order valence-electron chi connectivity index (χ2n) is 4.02. The zero-order chi connectivity index (χ0) is 13.7. The van der Waals surface area contributed by atoms with Crippen molar-refractivity contribution in [3.63, 3.8) is 0 Å². The molecule has 2 aromatic rings. The number of halogens is 1. The standard InChI is InChI=1S/C13H15BrN4O/c1-18(8-6-10-5-3-4-7-15-10)13-16-9-11(14)12(17-13)19-2/h3-5,7,9H,6,8H2,1-2H3. The molecular formula is C13H15BrN4O. The Balaban J connectivity index is 2.02. The number of hydrogen-bond acceptors (Lipinski definition) is 5. The van der Waals surface area contributed by atoms with Crippen LogP contribution in [0.1, 0.15) is 5.69 Å². The molecule has 19 heavy (non-hydrogen) atoms. The molecule has 0 saturated heterocycles. The summed E-state index contributed by atoms with van der Waals surface area (Å²) in [6, 6.07) is 5.91. The van der Waals surface area contributed by atoms with E-state index in [0.29, 0.717) is 11.8 Å². The maximum Gasteiger partial charge on any atom is 0.232 e. The molecule has 5 nitrogen and oxygen atoms in total. The van der Waals surface area contributed by atoms with E-state index in [0.717, 1.165) is 23.1 Å². The number of anilines is 1. The van der Waals surface area contributed by atoms with Crippen LogP contribution in [0.5, 0.6) is 5.88 Å². The van der Waals surface area contributed by atoms with Crippen LogP contribution in [0.3, 0.4) is 0 Å². The lowest BCUT2D eigenvalue weighted by atomic mass is 10.2. The Morgan fingerprint density at radius 3 is 2.84 bits per heavy atom. The van der Waals surface area contributed by atoms with Gasteiger partial charge in [-0.05, 0) is 28.1 Å². The summed E-state index contributed by atoms with van der Waals surface area (Å²) >= 11 is 3.34. The van der Waals surface area contributed by atoms with E-state index in [-0.39, 0.29) is 0 Å². The monoisotopic (exact) mass is 322 g/mol. The van der Waals surface area contributed by atoms with E-state index in [2.05, 4.69) is 30.9 Å². The molecule has 0 amide bonds. The van der Waals surface area contributed by atoms with Crippen molar-refractivity contribution in [2.45, 2.75) is 6.42 Å². The fourth-order valence-corrected chi connectivity index (χ4v) is 1.95. The van der Waals surface area contributed by atoms with Crippen LogP contribution in [0.15, 0.2) is 35.1 Å². The number of aromatic nitrogens is 3. The number of nitrogens with zero attached hydrogens (tertiary/aromatic N) is 4. The molecule has 0 unspecified atom stereocenters. The minimum atomic E-state index is 0.537. The molecule has 0 aliphatic rings. The first kappa shape index (κ1) is 13.7. The average molecular weight is 323 g/mol. The van der Waals surface area contributed by atoms with Crippen molar-refractivity contribution >= 4 is 21.9 Å². The Kier molecular flexibility index (Phi) is 4.68. The van der Waals surface area contributed by atoms with Crippen molar-refractivity contribution in [2.24, 2.45) is 0 Å². The molecule has 2 rings (SSSR count). The second-order valence-corrected chi connectivity index (χ2v) is 4.87. The molecule has 2 heterocycles. The quantitative estimate of drug-likeness (QED) is 0.845. The summed E-state index contributed by atoms with van der Waals surface area (Å²) in [6.45, 7) is 0.793. The van der Waals surface area contributed by atoms with E-state index >= 15 is 0 Å². The molecule has 0 bridgehead atoms. The molecule has 0 radical (unpaired) electrons. The Morgan fingerprint density at radius 2 is 2.16 bits per heavy atom. The zero-order valence-electron chi connectivity index (χ0n) is 10.9. The largest absolute Gasteiger partial charge is 0.480 e. The van der Waals surface area contributed by atoms with E-state index in [1.54, 1.807) is 19.5 Å². The number of rotatable bonds is 5. The Hall–Kier alpha value is -1.69. The lowest BCUT2D eigenvalue weighted by Gasteiger charge is -2.17. The van der Waals surface area contributed by atoms with E-state index in [1.165, 1.54) is 0 Å². The van der Waals surface area contributed by atoms with Gasteiger partial charge in [-0.15, -0.1) is 0 Å². The number of pyridine rings is 1. The fraction of sp³-hybridized carbons (Fsp3) is 0.308. The third-order valence-corrected chi connectivity index (χ3v) is 3.21. The topological polar surface area (TPSA) is 51.1 Å². The Labute approximate surface area is 120 Å². The highest BCUT2D eigenvalue weighted by Crippen LogP contribution is 2.22. The Bertz CT molecular complexity index is 535. The SMILES string of the molecule is COc1nc(N(C)CCc2ccccn2)ncc1Br. The minimum Gasteiger partial charge on any atom is -0.480 e. The van der Waals surface area contributed by atoms with Gasteiger partial charge in [-0.1, -0.05) is 6.07 Å². The number of hydrogen-bond donors (Lipinski definition) is 0. The molecule has 0 atom stereocenters. The average Bonchev–Trinajstić information content (AvgIpc) is 2.46. The van der Waals surface area contributed by atoms with Gasteiger partial charge in [0, 0.05) is 31.9 Å². The molecule has 0 fully saturated rings. The van der Waals surface area contributed by atoms with Crippen LogP contribution in [0.25, 0.3) is 0 Å². The second kappa shape index (κ2) is 6.47. The molecule has 0 aliphatic carbocycles. The van der Waals surface area contributed by atoms with Gasteiger partial charge in [-0.2, -0.15) is 4.98 Å². The van der Waals surface area contributed by atoms with Crippen molar-refractivity contribution in [3.8, 4) is 5.88 Å². The highest BCUT2D eigenvalue weighted by atomic mass is 79.9. The van der Waals surface area contributed by atoms with Crippen molar-refractivity contribution in [1.29, 1.82) is 0 Å². The normalized spacial score (nSPS) is 10.3. The van der Waals surface area contributed by atoms with Gasteiger partial charge >= 0.3 is 0 Å². The molecule has 0 spiro atoms. The van der Waals surface area contributed by atoms with Crippen LogP contribution >= 0.6 is 15.9 Å². The van der Waals surface area contributed by atoms with Crippen LogP contribution in [0, 0.1) is 0 Å². The summed E-state index contributed by atoms with van der Waals surface area (Å²) in [5.74, 6) is 1.17. The summed E-state index contributed by atoms with van der Waals surface area (Å²) in [4.78, 5) is 14.9. The number of methoxy groups -OCH3 is 1. The molecule has 0 aromatic carbocycles. The lowest BCUT2D eigenvalue weighted by molar-refractivity contribution is 0.394. The van der Waals surface area contributed by atoms with Gasteiger partial charge in [0.2, 0.25) is 11.8 Å². The van der Waals surface area contributed by atoms with Gasteiger partial charge in [-0.25, -0.2) is 4.98 Å². The third kappa shape index (κ3) is 3.64. The van der Waals surface area contributed by atoms with Gasteiger partial charge in [0.05, 0.1) is 17.8 Å². The molecule has 0 aliphatic heterocycles. The van der Waals surface area contributed by atoms with Crippen LogP contribution in [0.4, 0.5) is 5.95 Å². The fourth-order valence-electron chi connectivity index (χ4n) is 1.60. The molecule has 6 heteroatoms. The van der Waals surface area contributed by atoms with Crippen LogP contribution in [-0.2, 0) is 6.42 Å². The molecule has 0 saturated carbocycles. The first-order chi connectivity index (χ1) is 9.20. The van der Waals surface area contributed by atoms with E-state index < -0.39 is 0 Å². The first-order valence-corrected chi connectivity index (χ1v) is 6.67. The summed E-state index contributed by atoms with van der Waals surface area (Å²) in [7, 11) is 3.54.